The lowest BCUT2D eigenvalue weighted by molar-refractivity contribution is 0.0940. The van der Waals surface area contributed by atoms with Crippen molar-refractivity contribution in [2.75, 3.05) is 19.7 Å². The van der Waals surface area contributed by atoms with Crippen LogP contribution >= 0.6 is 0 Å². The molecule has 0 unspecified atom stereocenters. The molecule has 1 N–H and O–H groups in total. The smallest absolute Gasteiger partial charge is 0.409 e. The number of carbonyl (C=O) groups excluding carboxylic acids is 1. The van der Waals surface area contributed by atoms with Crippen LogP contribution in [0, 0.1) is 0 Å². The van der Waals surface area contributed by atoms with Gasteiger partial charge in [-0.1, -0.05) is 6.92 Å². The molecule has 1 aromatic rings. The Kier molecular flexibility index (Phi) is 5.61. The first-order chi connectivity index (χ1) is 10.2. The second kappa shape index (κ2) is 7.45. The van der Waals surface area contributed by atoms with Gasteiger partial charge >= 0.3 is 6.09 Å². The van der Waals surface area contributed by atoms with Crippen LogP contribution in [-0.2, 0) is 11.8 Å². The lowest BCUT2D eigenvalue weighted by Crippen LogP contribution is -2.46. The highest BCUT2D eigenvalue weighted by molar-refractivity contribution is 5.67. The SMILES string of the molecule is CCOC(=O)N1CCC(N[C@H](CC)c2ccnn2C)CC1. The molecule has 1 atom stereocenters. The summed E-state index contributed by atoms with van der Waals surface area (Å²) in [6.07, 6.45) is 4.61. The van der Waals surface area contributed by atoms with Crippen LogP contribution in [0.5, 0.6) is 0 Å². The van der Waals surface area contributed by atoms with Crippen molar-refractivity contribution >= 4 is 6.09 Å². The van der Waals surface area contributed by atoms with E-state index in [9.17, 15) is 4.79 Å². The van der Waals surface area contributed by atoms with Gasteiger partial charge in [-0.15, -0.1) is 0 Å². The third-order valence-corrected chi connectivity index (χ3v) is 4.08. The Bertz CT molecular complexity index is 452. The number of rotatable bonds is 5. The number of hydrogen-bond donors (Lipinski definition) is 1. The predicted molar refractivity (Wildman–Crippen MR) is 81.0 cm³/mol. The summed E-state index contributed by atoms with van der Waals surface area (Å²) >= 11 is 0. The summed E-state index contributed by atoms with van der Waals surface area (Å²) in [7, 11) is 1.98. The molecule has 0 bridgehead atoms. The Morgan fingerprint density at radius 3 is 2.71 bits per heavy atom. The standard InChI is InChI=1S/C15H26N4O2/c1-4-13(14-6-9-16-18(14)3)17-12-7-10-19(11-8-12)15(20)21-5-2/h6,9,12-13,17H,4-5,7-8,10-11H2,1-3H3/t13-/m1/s1. The molecule has 2 heterocycles. The average molecular weight is 294 g/mol. The van der Waals surface area contributed by atoms with Crippen LogP contribution in [0.25, 0.3) is 0 Å². The topological polar surface area (TPSA) is 59.4 Å². The summed E-state index contributed by atoms with van der Waals surface area (Å²) in [6.45, 7) is 5.98. The van der Waals surface area contributed by atoms with E-state index in [-0.39, 0.29) is 6.09 Å². The second-order valence-electron chi connectivity index (χ2n) is 5.47. The number of aromatic nitrogens is 2. The number of amides is 1. The van der Waals surface area contributed by atoms with Crippen LogP contribution in [-0.4, -0.2) is 46.5 Å². The van der Waals surface area contributed by atoms with Gasteiger partial charge in [0.1, 0.15) is 0 Å². The number of carbonyl (C=O) groups is 1. The van der Waals surface area contributed by atoms with Crippen LogP contribution in [0.3, 0.4) is 0 Å². The Morgan fingerprint density at radius 2 is 2.19 bits per heavy atom. The fraction of sp³-hybridized carbons (Fsp3) is 0.733. The molecule has 0 spiro atoms. The third kappa shape index (κ3) is 3.97. The number of nitrogens with zero attached hydrogens (tertiary/aromatic N) is 3. The minimum Gasteiger partial charge on any atom is -0.450 e. The Labute approximate surface area is 126 Å². The molecule has 1 aliphatic rings. The molecule has 118 valence electrons. The van der Waals surface area contributed by atoms with E-state index >= 15 is 0 Å². The first kappa shape index (κ1) is 15.8. The van der Waals surface area contributed by atoms with Gasteiger partial charge in [-0.2, -0.15) is 5.10 Å². The van der Waals surface area contributed by atoms with Crippen molar-refractivity contribution in [3.8, 4) is 0 Å². The first-order valence-electron chi connectivity index (χ1n) is 7.81. The summed E-state index contributed by atoms with van der Waals surface area (Å²) < 4.78 is 6.97. The zero-order valence-corrected chi connectivity index (χ0v) is 13.2. The molecule has 1 amide bonds. The lowest BCUT2D eigenvalue weighted by Gasteiger charge is -2.33. The van der Waals surface area contributed by atoms with E-state index in [1.807, 2.05) is 24.9 Å². The minimum absolute atomic E-state index is 0.186. The van der Waals surface area contributed by atoms with Gasteiger partial charge in [0, 0.05) is 38.4 Å². The van der Waals surface area contributed by atoms with E-state index in [1.54, 1.807) is 4.90 Å². The van der Waals surface area contributed by atoms with E-state index in [0.717, 1.165) is 32.4 Å². The Morgan fingerprint density at radius 1 is 1.48 bits per heavy atom. The monoisotopic (exact) mass is 294 g/mol. The van der Waals surface area contributed by atoms with Crippen LogP contribution in [0.1, 0.15) is 44.8 Å². The van der Waals surface area contributed by atoms with E-state index < -0.39 is 0 Å². The average Bonchev–Trinajstić information content (AvgIpc) is 2.92. The van der Waals surface area contributed by atoms with Crippen molar-refractivity contribution < 1.29 is 9.53 Å². The molecule has 0 radical (unpaired) electrons. The van der Waals surface area contributed by atoms with Crippen LogP contribution in [0.15, 0.2) is 12.3 Å². The van der Waals surface area contributed by atoms with Gasteiger partial charge in [0.25, 0.3) is 0 Å². The third-order valence-electron chi connectivity index (χ3n) is 4.08. The molecule has 0 saturated carbocycles. The molecule has 6 nitrogen and oxygen atoms in total. The van der Waals surface area contributed by atoms with Crippen molar-refractivity contribution in [3.63, 3.8) is 0 Å². The maximum Gasteiger partial charge on any atom is 0.409 e. The summed E-state index contributed by atoms with van der Waals surface area (Å²) in [5.41, 5.74) is 1.21. The van der Waals surface area contributed by atoms with E-state index in [2.05, 4.69) is 23.4 Å². The molecule has 1 aromatic heterocycles. The number of likely N-dealkylation sites (tertiary alicyclic amines) is 1. The number of nitrogens with one attached hydrogen (secondary N) is 1. The highest BCUT2D eigenvalue weighted by Crippen LogP contribution is 2.20. The number of hydrogen-bond acceptors (Lipinski definition) is 4. The van der Waals surface area contributed by atoms with E-state index in [1.165, 1.54) is 5.69 Å². The fourth-order valence-electron chi connectivity index (χ4n) is 2.87. The predicted octanol–water partition coefficient (Wildman–Crippen LogP) is 2.08. The molecule has 6 heteroatoms. The van der Waals surface area contributed by atoms with Gasteiger partial charge < -0.3 is 15.0 Å². The van der Waals surface area contributed by atoms with Gasteiger partial charge in [-0.3, -0.25) is 4.68 Å². The van der Waals surface area contributed by atoms with Gasteiger partial charge in [-0.05, 0) is 32.3 Å². The molecular weight excluding hydrogens is 268 g/mol. The molecule has 2 rings (SSSR count). The zero-order chi connectivity index (χ0) is 15.2. The summed E-state index contributed by atoms with van der Waals surface area (Å²) in [5.74, 6) is 0. The first-order valence-corrected chi connectivity index (χ1v) is 7.81. The minimum atomic E-state index is -0.186. The molecule has 1 aliphatic heterocycles. The van der Waals surface area contributed by atoms with Gasteiger partial charge in [0.05, 0.1) is 12.3 Å². The highest BCUT2D eigenvalue weighted by Gasteiger charge is 2.25. The van der Waals surface area contributed by atoms with Crippen molar-refractivity contribution in [2.45, 2.75) is 45.2 Å². The molecule has 21 heavy (non-hydrogen) atoms. The lowest BCUT2D eigenvalue weighted by atomic mass is 10.0. The number of ether oxygens (including phenoxy) is 1. The highest BCUT2D eigenvalue weighted by atomic mass is 16.6. The van der Waals surface area contributed by atoms with Crippen molar-refractivity contribution in [3.05, 3.63) is 18.0 Å². The van der Waals surface area contributed by atoms with Gasteiger partial charge in [0.15, 0.2) is 0 Å². The zero-order valence-electron chi connectivity index (χ0n) is 13.2. The van der Waals surface area contributed by atoms with Crippen molar-refractivity contribution in [1.82, 2.24) is 20.0 Å². The second-order valence-corrected chi connectivity index (χ2v) is 5.47. The van der Waals surface area contributed by atoms with Crippen molar-refractivity contribution in [1.29, 1.82) is 0 Å². The maximum absolute atomic E-state index is 11.7. The Hall–Kier alpha value is -1.56. The van der Waals surface area contributed by atoms with Crippen LogP contribution in [0.2, 0.25) is 0 Å². The van der Waals surface area contributed by atoms with Gasteiger partial charge in [0.2, 0.25) is 0 Å². The maximum atomic E-state index is 11.7. The van der Waals surface area contributed by atoms with Crippen LogP contribution < -0.4 is 5.32 Å². The van der Waals surface area contributed by atoms with Crippen LogP contribution in [0.4, 0.5) is 4.79 Å². The quantitative estimate of drug-likeness (QED) is 0.903. The number of aryl methyl sites for hydroxylation is 1. The summed E-state index contributed by atoms with van der Waals surface area (Å²) in [6, 6.07) is 2.82. The largest absolute Gasteiger partial charge is 0.450 e. The fourth-order valence-corrected chi connectivity index (χ4v) is 2.87. The van der Waals surface area contributed by atoms with E-state index in [0.29, 0.717) is 18.7 Å². The normalized spacial score (nSPS) is 17.8. The summed E-state index contributed by atoms with van der Waals surface area (Å²) in [5, 5.41) is 7.94. The van der Waals surface area contributed by atoms with E-state index in [4.69, 9.17) is 4.74 Å². The molecule has 1 saturated heterocycles. The van der Waals surface area contributed by atoms with Gasteiger partial charge in [-0.25, -0.2) is 4.79 Å². The Balaban J connectivity index is 1.85. The molecule has 1 fully saturated rings. The molecule has 0 aromatic carbocycles. The summed E-state index contributed by atoms with van der Waals surface area (Å²) in [4.78, 5) is 13.5. The molecular formula is C15H26N4O2. The molecule has 0 aliphatic carbocycles. The van der Waals surface area contributed by atoms with Crippen molar-refractivity contribution in [2.24, 2.45) is 7.05 Å². The number of piperidine rings is 1.